The minimum Gasteiger partial charge on any atom is -0.348 e. The van der Waals surface area contributed by atoms with E-state index in [1.807, 2.05) is 36.6 Å². The van der Waals surface area contributed by atoms with Crippen LogP contribution in [0.2, 0.25) is 0 Å². The first kappa shape index (κ1) is 18.1. The van der Waals surface area contributed by atoms with Gasteiger partial charge >= 0.3 is 6.18 Å². The molecule has 3 aromatic rings. The van der Waals surface area contributed by atoms with E-state index in [1.54, 1.807) is 11.3 Å². The number of amides is 1. The van der Waals surface area contributed by atoms with Crippen LogP contribution in [0.15, 0.2) is 53.9 Å². The summed E-state index contributed by atoms with van der Waals surface area (Å²) in [6, 6.07) is 12.1. The van der Waals surface area contributed by atoms with Crippen LogP contribution in [0.25, 0.3) is 11.3 Å². The van der Waals surface area contributed by atoms with Crippen LogP contribution in [0.3, 0.4) is 0 Å². The molecule has 0 aliphatic heterocycles. The van der Waals surface area contributed by atoms with Gasteiger partial charge in [0.15, 0.2) is 0 Å². The van der Waals surface area contributed by atoms with Crippen molar-refractivity contribution in [1.82, 2.24) is 10.3 Å². The number of carbonyl (C=O) groups is 1. The fourth-order valence-electron chi connectivity index (χ4n) is 2.50. The third-order valence-electron chi connectivity index (χ3n) is 3.80. The number of carbonyl (C=O) groups excluding carboxylic acids is 1. The average molecular weight is 376 g/mol. The molecule has 1 aromatic heterocycles. The minimum absolute atomic E-state index is 0.140. The van der Waals surface area contributed by atoms with Crippen LogP contribution in [-0.2, 0) is 12.7 Å². The molecule has 0 spiro atoms. The number of benzene rings is 2. The monoisotopic (exact) mass is 376 g/mol. The first-order chi connectivity index (χ1) is 12.3. The van der Waals surface area contributed by atoms with E-state index in [-0.39, 0.29) is 12.1 Å². The molecule has 7 heteroatoms. The van der Waals surface area contributed by atoms with Crippen molar-refractivity contribution in [3.63, 3.8) is 0 Å². The Bertz CT molecular complexity index is 917. The van der Waals surface area contributed by atoms with E-state index < -0.39 is 17.6 Å². The zero-order chi connectivity index (χ0) is 18.7. The molecule has 0 unspecified atom stereocenters. The molecule has 1 N–H and O–H groups in total. The molecule has 1 amide bonds. The van der Waals surface area contributed by atoms with E-state index in [4.69, 9.17) is 0 Å². The van der Waals surface area contributed by atoms with Crippen molar-refractivity contribution in [1.29, 1.82) is 0 Å². The van der Waals surface area contributed by atoms with Crippen molar-refractivity contribution < 1.29 is 18.0 Å². The van der Waals surface area contributed by atoms with Crippen LogP contribution in [0.1, 0.15) is 26.5 Å². The number of alkyl halides is 3. The van der Waals surface area contributed by atoms with Crippen LogP contribution in [-0.4, -0.2) is 10.9 Å². The van der Waals surface area contributed by atoms with Crippen molar-refractivity contribution in [3.05, 3.63) is 75.6 Å². The summed E-state index contributed by atoms with van der Waals surface area (Å²) < 4.78 is 39.0. The number of nitrogens with one attached hydrogen (secondary N) is 1. The minimum atomic E-state index is -4.57. The molecule has 3 rings (SSSR count). The van der Waals surface area contributed by atoms with E-state index in [0.29, 0.717) is 0 Å². The van der Waals surface area contributed by atoms with E-state index in [9.17, 15) is 18.0 Å². The van der Waals surface area contributed by atoms with Gasteiger partial charge in [-0.2, -0.15) is 13.2 Å². The van der Waals surface area contributed by atoms with E-state index in [2.05, 4.69) is 10.3 Å². The fourth-order valence-corrected chi connectivity index (χ4v) is 3.12. The summed E-state index contributed by atoms with van der Waals surface area (Å²) in [5.74, 6) is -0.753. The summed E-state index contributed by atoms with van der Waals surface area (Å²) in [4.78, 5) is 16.6. The maximum atomic E-state index is 13.0. The second-order valence-electron chi connectivity index (χ2n) is 5.67. The predicted molar refractivity (Wildman–Crippen MR) is 94.9 cm³/mol. The van der Waals surface area contributed by atoms with Crippen LogP contribution >= 0.6 is 11.3 Å². The van der Waals surface area contributed by atoms with Gasteiger partial charge in [-0.05, 0) is 24.6 Å². The number of hydrogen-bond donors (Lipinski definition) is 1. The molecule has 3 nitrogen and oxygen atoms in total. The van der Waals surface area contributed by atoms with Crippen LogP contribution in [0.5, 0.6) is 0 Å². The molecule has 2 aromatic carbocycles. The predicted octanol–water partition coefficient (Wildman–Crippen LogP) is 5.07. The second-order valence-corrected chi connectivity index (χ2v) is 6.74. The quantitative estimate of drug-likeness (QED) is 0.691. The third kappa shape index (κ3) is 4.11. The number of halogens is 3. The average Bonchev–Trinajstić information content (AvgIpc) is 3.06. The maximum absolute atomic E-state index is 13.0. The Hall–Kier alpha value is -2.67. The zero-order valence-electron chi connectivity index (χ0n) is 13.8. The molecule has 1 heterocycles. The molecule has 0 aliphatic carbocycles. The van der Waals surface area contributed by atoms with Crippen molar-refractivity contribution in [2.45, 2.75) is 19.6 Å². The number of hydrogen-bond acceptors (Lipinski definition) is 3. The molecule has 0 saturated heterocycles. The Labute approximate surface area is 152 Å². The Morgan fingerprint density at radius 3 is 2.42 bits per heavy atom. The van der Waals surface area contributed by atoms with E-state index >= 15 is 0 Å². The number of rotatable bonds is 4. The van der Waals surface area contributed by atoms with Gasteiger partial charge in [-0.25, -0.2) is 4.98 Å². The first-order valence-corrected chi connectivity index (χ1v) is 8.68. The van der Waals surface area contributed by atoms with Gasteiger partial charge in [0.25, 0.3) is 5.91 Å². The van der Waals surface area contributed by atoms with Gasteiger partial charge in [-0.15, -0.1) is 11.3 Å². The number of thiazole rings is 1. The largest absolute Gasteiger partial charge is 0.417 e. The van der Waals surface area contributed by atoms with Crippen LogP contribution < -0.4 is 5.32 Å². The van der Waals surface area contributed by atoms with Gasteiger partial charge in [-0.1, -0.05) is 36.4 Å². The number of nitrogens with zero attached hydrogens (tertiary/aromatic N) is 1. The highest BCUT2D eigenvalue weighted by Gasteiger charge is 2.34. The van der Waals surface area contributed by atoms with Gasteiger partial charge in [0.1, 0.15) is 0 Å². The summed E-state index contributed by atoms with van der Waals surface area (Å²) in [5.41, 5.74) is 1.30. The van der Waals surface area contributed by atoms with Crippen molar-refractivity contribution in [2.75, 3.05) is 0 Å². The van der Waals surface area contributed by atoms with Gasteiger partial charge in [-0.3, -0.25) is 4.79 Å². The lowest BCUT2D eigenvalue weighted by molar-refractivity contribution is -0.137. The van der Waals surface area contributed by atoms with Gasteiger partial charge in [0.2, 0.25) is 0 Å². The second kappa shape index (κ2) is 7.29. The topological polar surface area (TPSA) is 42.0 Å². The molecule has 0 bridgehead atoms. The van der Waals surface area contributed by atoms with Crippen LogP contribution in [0.4, 0.5) is 13.2 Å². The normalized spacial score (nSPS) is 11.4. The summed E-state index contributed by atoms with van der Waals surface area (Å²) in [6.07, 6.45) is -4.57. The summed E-state index contributed by atoms with van der Waals surface area (Å²) in [5, 5.41) is 5.47. The molecular formula is C19H15F3N2OS. The molecule has 26 heavy (non-hydrogen) atoms. The summed E-state index contributed by atoms with van der Waals surface area (Å²) in [7, 11) is 0. The smallest absolute Gasteiger partial charge is 0.348 e. The van der Waals surface area contributed by atoms with E-state index in [0.717, 1.165) is 27.9 Å². The number of aryl methyl sites for hydroxylation is 1. The third-order valence-corrected chi connectivity index (χ3v) is 4.57. The molecule has 0 saturated carbocycles. The lowest BCUT2D eigenvalue weighted by Gasteiger charge is -2.12. The standard InChI is InChI=1S/C19H15F3N2OS/c1-12-24-17(11-26-12)14-8-6-13(7-9-14)10-23-18(25)15-4-2-3-5-16(15)19(20,21)22/h2-9,11H,10H2,1H3,(H,23,25). The maximum Gasteiger partial charge on any atom is 0.417 e. The zero-order valence-corrected chi connectivity index (χ0v) is 14.6. The molecular weight excluding hydrogens is 361 g/mol. The summed E-state index contributed by atoms with van der Waals surface area (Å²) >= 11 is 1.56. The first-order valence-electron chi connectivity index (χ1n) is 7.80. The Morgan fingerprint density at radius 1 is 1.12 bits per heavy atom. The fraction of sp³-hybridized carbons (Fsp3) is 0.158. The Kier molecular flexibility index (Phi) is 5.08. The SMILES string of the molecule is Cc1nc(-c2ccc(CNC(=O)c3ccccc3C(F)(F)F)cc2)cs1. The van der Waals surface area contributed by atoms with Crippen LogP contribution in [0, 0.1) is 6.92 Å². The lowest BCUT2D eigenvalue weighted by Crippen LogP contribution is -2.25. The molecule has 0 aliphatic rings. The molecule has 0 atom stereocenters. The Balaban J connectivity index is 1.69. The molecule has 134 valence electrons. The highest BCUT2D eigenvalue weighted by molar-refractivity contribution is 7.09. The molecule has 0 radical (unpaired) electrons. The van der Waals surface area contributed by atoms with E-state index in [1.165, 1.54) is 18.2 Å². The Morgan fingerprint density at radius 2 is 1.81 bits per heavy atom. The highest BCUT2D eigenvalue weighted by atomic mass is 32.1. The highest BCUT2D eigenvalue weighted by Crippen LogP contribution is 2.31. The van der Waals surface area contributed by atoms with Gasteiger partial charge in [0, 0.05) is 17.5 Å². The molecule has 0 fully saturated rings. The van der Waals surface area contributed by atoms with Gasteiger partial charge < -0.3 is 5.32 Å². The number of aromatic nitrogens is 1. The van der Waals surface area contributed by atoms with Crippen molar-refractivity contribution in [2.24, 2.45) is 0 Å². The summed E-state index contributed by atoms with van der Waals surface area (Å²) in [6.45, 7) is 2.07. The lowest BCUT2D eigenvalue weighted by atomic mass is 10.1. The van der Waals surface area contributed by atoms with Crippen molar-refractivity contribution in [3.8, 4) is 11.3 Å². The van der Waals surface area contributed by atoms with Crippen molar-refractivity contribution >= 4 is 17.2 Å². The van der Waals surface area contributed by atoms with Gasteiger partial charge in [0.05, 0.1) is 21.8 Å².